The maximum Gasteiger partial charge on any atom is 0.171 e. The van der Waals surface area contributed by atoms with Crippen LogP contribution in [0.1, 0.15) is 23.8 Å². The zero-order valence-corrected chi connectivity index (χ0v) is 16.1. The van der Waals surface area contributed by atoms with Gasteiger partial charge in [0, 0.05) is 23.0 Å². The van der Waals surface area contributed by atoms with Gasteiger partial charge in [-0.3, -0.25) is 0 Å². The van der Waals surface area contributed by atoms with E-state index in [2.05, 4.69) is 44.1 Å². The summed E-state index contributed by atoms with van der Waals surface area (Å²) in [6.07, 6.45) is 2.66. The molecule has 3 N–H and O–H groups in total. The third-order valence-electron chi connectivity index (χ3n) is 4.17. The number of halogens is 1. The summed E-state index contributed by atoms with van der Waals surface area (Å²) in [4.78, 5) is 3.12. The number of benzene rings is 1. The lowest BCUT2D eigenvalue weighted by atomic mass is 10.2. The van der Waals surface area contributed by atoms with E-state index < -0.39 is 0 Å². The highest BCUT2D eigenvalue weighted by Gasteiger charge is 2.28. The topological polar surface area (TPSA) is 28.5 Å². The molecule has 1 fully saturated rings. The number of nitrogens with one attached hydrogen (secondary N) is 3. The van der Waals surface area contributed by atoms with Crippen LogP contribution in [0.25, 0.3) is 0 Å². The Labute approximate surface area is 155 Å². The van der Waals surface area contributed by atoms with Crippen molar-refractivity contribution in [2.75, 3.05) is 25.0 Å². The van der Waals surface area contributed by atoms with Crippen LogP contribution in [-0.4, -0.2) is 24.7 Å². The van der Waals surface area contributed by atoms with Crippen molar-refractivity contribution in [3.63, 3.8) is 0 Å². The van der Waals surface area contributed by atoms with Gasteiger partial charge in [-0.05, 0) is 41.9 Å². The SMILES string of the molecule is S=C(NC[C@@H](c1cccs1)[NH+]1CCCC1)Nc1cccc(Br)c1. The molecule has 1 aliphatic heterocycles. The van der Waals surface area contributed by atoms with Gasteiger partial charge in [0.05, 0.1) is 24.5 Å². The third kappa shape index (κ3) is 4.76. The summed E-state index contributed by atoms with van der Waals surface area (Å²) in [7, 11) is 0. The Bertz CT molecular complexity index is 639. The summed E-state index contributed by atoms with van der Waals surface area (Å²) in [6, 6.07) is 12.9. The lowest BCUT2D eigenvalue weighted by Gasteiger charge is -2.24. The molecule has 3 nitrogen and oxygen atoms in total. The minimum absolute atomic E-state index is 0.486. The van der Waals surface area contributed by atoms with Crippen LogP contribution in [0.3, 0.4) is 0 Å². The van der Waals surface area contributed by atoms with Gasteiger partial charge in [-0.15, -0.1) is 11.3 Å². The quantitative estimate of drug-likeness (QED) is 0.660. The predicted molar refractivity (Wildman–Crippen MR) is 105 cm³/mol. The molecule has 1 aromatic carbocycles. The second kappa shape index (κ2) is 8.24. The Hall–Kier alpha value is -0.950. The summed E-state index contributed by atoms with van der Waals surface area (Å²) in [5.41, 5.74) is 0.998. The number of hydrogen-bond acceptors (Lipinski definition) is 2. The van der Waals surface area contributed by atoms with Crippen LogP contribution in [0, 0.1) is 0 Å². The van der Waals surface area contributed by atoms with Gasteiger partial charge in [0.15, 0.2) is 5.11 Å². The van der Waals surface area contributed by atoms with Crippen molar-refractivity contribution in [1.29, 1.82) is 0 Å². The average Bonchev–Trinajstić information content (AvgIpc) is 3.21. The standard InChI is InChI=1S/C17H20BrN3S2/c18-13-5-3-6-14(11-13)20-17(22)19-12-15(16-7-4-10-23-16)21-8-1-2-9-21/h3-7,10-11,15H,1-2,8-9,12H2,(H2,19,20,22)/p+1/t15-/m0/s1. The molecule has 0 saturated carbocycles. The number of hydrogen-bond donors (Lipinski definition) is 3. The zero-order valence-electron chi connectivity index (χ0n) is 12.8. The van der Waals surface area contributed by atoms with Crippen molar-refractivity contribution in [2.45, 2.75) is 18.9 Å². The summed E-state index contributed by atoms with van der Waals surface area (Å²) in [6.45, 7) is 3.39. The van der Waals surface area contributed by atoms with Crippen molar-refractivity contribution < 1.29 is 4.90 Å². The minimum atomic E-state index is 0.486. The van der Waals surface area contributed by atoms with Crippen LogP contribution in [-0.2, 0) is 0 Å². The van der Waals surface area contributed by atoms with Gasteiger partial charge in [0.2, 0.25) is 0 Å². The van der Waals surface area contributed by atoms with Crippen molar-refractivity contribution in [1.82, 2.24) is 5.32 Å². The Balaban J connectivity index is 1.59. The Morgan fingerprint density at radius 2 is 2.09 bits per heavy atom. The van der Waals surface area contributed by atoms with Gasteiger partial charge in [-0.2, -0.15) is 0 Å². The number of quaternary nitrogens is 1. The largest absolute Gasteiger partial charge is 0.356 e. The first-order chi connectivity index (χ1) is 11.2. The molecule has 0 amide bonds. The van der Waals surface area contributed by atoms with E-state index in [0.717, 1.165) is 16.7 Å². The molecule has 0 radical (unpaired) electrons. The highest BCUT2D eigenvalue weighted by Crippen LogP contribution is 2.18. The molecule has 2 aromatic rings. The smallest absolute Gasteiger partial charge is 0.171 e. The third-order valence-corrected chi connectivity index (χ3v) is 5.90. The lowest BCUT2D eigenvalue weighted by molar-refractivity contribution is -0.918. The van der Waals surface area contributed by atoms with Gasteiger partial charge in [-0.1, -0.05) is 28.1 Å². The summed E-state index contributed by atoms with van der Waals surface area (Å²) < 4.78 is 1.04. The van der Waals surface area contributed by atoms with Gasteiger partial charge < -0.3 is 15.5 Å². The Morgan fingerprint density at radius 3 is 2.78 bits per heavy atom. The lowest BCUT2D eigenvalue weighted by Crippen LogP contribution is -3.11. The highest BCUT2D eigenvalue weighted by molar-refractivity contribution is 9.10. The first-order valence-electron chi connectivity index (χ1n) is 7.91. The van der Waals surface area contributed by atoms with Gasteiger partial charge >= 0.3 is 0 Å². The number of anilines is 1. The van der Waals surface area contributed by atoms with E-state index in [0.29, 0.717) is 11.2 Å². The van der Waals surface area contributed by atoms with Crippen LogP contribution >= 0.6 is 39.5 Å². The van der Waals surface area contributed by atoms with E-state index in [1.54, 1.807) is 4.90 Å². The second-order valence-electron chi connectivity index (χ2n) is 5.78. The van der Waals surface area contributed by atoms with E-state index >= 15 is 0 Å². The molecule has 0 aliphatic carbocycles. The molecule has 1 aliphatic rings. The van der Waals surface area contributed by atoms with Gasteiger partial charge in [-0.25, -0.2) is 0 Å². The monoisotopic (exact) mass is 410 g/mol. The first-order valence-corrected chi connectivity index (χ1v) is 9.99. The van der Waals surface area contributed by atoms with Crippen molar-refractivity contribution in [3.8, 4) is 0 Å². The van der Waals surface area contributed by atoms with Crippen LogP contribution in [0.2, 0.25) is 0 Å². The fraction of sp³-hybridized carbons (Fsp3) is 0.353. The predicted octanol–water partition coefficient (Wildman–Crippen LogP) is 3.22. The van der Waals surface area contributed by atoms with E-state index in [9.17, 15) is 0 Å². The fourth-order valence-electron chi connectivity index (χ4n) is 3.05. The summed E-state index contributed by atoms with van der Waals surface area (Å²) in [5.74, 6) is 0. The van der Waals surface area contributed by atoms with Crippen LogP contribution in [0.15, 0.2) is 46.3 Å². The van der Waals surface area contributed by atoms with Crippen molar-refractivity contribution in [2.24, 2.45) is 0 Å². The van der Waals surface area contributed by atoms with Crippen LogP contribution < -0.4 is 15.5 Å². The minimum Gasteiger partial charge on any atom is -0.356 e. The van der Waals surface area contributed by atoms with Crippen LogP contribution in [0.4, 0.5) is 5.69 Å². The normalized spacial score (nSPS) is 16.2. The second-order valence-corrected chi connectivity index (χ2v) is 8.08. The molecule has 0 spiro atoms. The molecule has 23 heavy (non-hydrogen) atoms. The molecule has 1 saturated heterocycles. The molecular weight excluding hydrogens is 390 g/mol. The number of thiocarbonyl (C=S) groups is 1. The van der Waals surface area contributed by atoms with E-state index in [1.165, 1.54) is 30.8 Å². The van der Waals surface area contributed by atoms with Crippen molar-refractivity contribution >= 4 is 50.3 Å². The fourth-order valence-corrected chi connectivity index (χ4v) is 4.54. The van der Waals surface area contributed by atoms with Crippen LogP contribution in [0.5, 0.6) is 0 Å². The summed E-state index contributed by atoms with van der Waals surface area (Å²) in [5, 5.41) is 9.51. The molecule has 0 unspecified atom stereocenters. The average molecular weight is 411 g/mol. The van der Waals surface area contributed by atoms with Gasteiger partial charge in [0.25, 0.3) is 0 Å². The molecule has 2 heterocycles. The van der Waals surface area contributed by atoms with E-state index in [4.69, 9.17) is 12.2 Å². The molecule has 122 valence electrons. The number of thiophene rings is 1. The molecule has 1 atom stereocenters. The zero-order chi connectivity index (χ0) is 16.1. The highest BCUT2D eigenvalue weighted by atomic mass is 79.9. The maximum absolute atomic E-state index is 5.46. The molecular formula is C17H21BrN3S2+. The summed E-state index contributed by atoms with van der Waals surface area (Å²) >= 11 is 10.8. The maximum atomic E-state index is 5.46. The molecule has 0 bridgehead atoms. The first kappa shape index (κ1) is 16.9. The van der Waals surface area contributed by atoms with Gasteiger partial charge in [0.1, 0.15) is 6.04 Å². The number of likely N-dealkylation sites (tertiary alicyclic amines) is 1. The Kier molecular flexibility index (Phi) is 6.05. The molecule has 6 heteroatoms. The Morgan fingerprint density at radius 1 is 1.26 bits per heavy atom. The molecule has 3 rings (SSSR count). The van der Waals surface area contributed by atoms with Crippen molar-refractivity contribution in [3.05, 3.63) is 51.1 Å². The number of rotatable bonds is 5. The molecule has 1 aromatic heterocycles. The van der Waals surface area contributed by atoms with E-state index in [-0.39, 0.29) is 0 Å². The van der Waals surface area contributed by atoms with E-state index in [1.807, 2.05) is 35.6 Å².